The third kappa shape index (κ3) is 6.99. The Morgan fingerprint density at radius 1 is 1.27 bits per heavy atom. The average molecular weight is 389 g/mol. The summed E-state index contributed by atoms with van der Waals surface area (Å²) < 4.78 is 35.9. The van der Waals surface area contributed by atoms with Crippen LogP contribution in [0.1, 0.15) is 20.3 Å². The molecule has 0 saturated heterocycles. The number of nitrogens with one attached hydrogen (secondary N) is 1. The number of ether oxygens (including phenoxy) is 2. The Bertz CT molecular complexity index is 656. The highest BCUT2D eigenvalue weighted by Gasteiger charge is 2.26. The number of benzene rings is 1. The van der Waals surface area contributed by atoms with Gasteiger partial charge in [0, 0.05) is 4.90 Å². The van der Waals surface area contributed by atoms with E-state index in [9.17, 15) is 23.2 Å². The number of carbonyl (C=O) groups is 3. The molecular weight excluding hydrogens is 368 g/mol. The Morgan fingerprint density at radius 2 is 1.96 bits per heavy atom. The van der Waals surface area contributed by atoms with Gasteiger partial charge in [-0.2, -0.15) is 0 Å². The van der Waals surface area contributed by atoms with Gasteiger partial charge in [0.2, 0.25) is 0 Å². The van der Waals surface area contributed by atoms with Crippen molar-refractivity contribution >= 4 is 29.6 Å². The molecule has 0 bridgehead atoms. The molecule has 0 radical (unpaired) electrons. The SMILES string of the molecule is CC[C@H](C)[C@@H](NC(=O)COC(=O)CSc1cc(F)ccc1F)C(=O)OC. The Hall–Kier alpha value is -2.16. The van der Waals surface area contributed by atoms with E-state index < -0.39 is 42.1 Å². The monoisotopic (exact) mass is 389 g/mol. The lowest BCUT2D eigenvalue weighted by atomic mass is 9.99. The van der Waals surface area contributed by atoms with E-state index in [1.54, 1.807) is 6.92 Å². The summed E-state index contributed by atoms with van der Waals surface area (Å²) in [7, 11) is 1.21. The van der Waals surface area contributed by atoms with Crippen molar-refractivity contribution in [2.75, 3.05) is 19.5 Å². The number of rotatable bonds is 9. The van der Waals surface area contributed by atoms with E-state index in [1.165, 1.54) is 7.11 Å². The van der Waals surface area contributed by atoms with Gasteiger partial charge in [0.15, 0.2) is 6.61 Å². The standard InChI is InChI=1S/C17H21F2NO5S/c1-4-10(2)16(17(23)24-3)20-14(21)8-25-15(22)9-26-13-7-11(18)5-6-12(13)19/h5-7,10,16H,4,8-9H2,1-3H3,(H,20,21)/t10-,16+/m0/s1. The minimum Gasteiger partial charge on any atom is -0.467 e. The van der Waals surface area contributed by atoms with Gasteiger partial charge in [-0.15, -0.1) is 11.8 Å². The van der Waals surface area contributed by atoms with Gasteiger partial charge < -0.3 is 14.8 Å². The van der Waals surface area contributed by atoms with Crippen molar-refractivity contribution in [1.82, 2.24) is 5.32 Å². The molecule has 0 aliphatic heterocycles. The zero-order chi connectivity index (χ0) is 19.7. The number of carbonyl (C=O) groups excluding carboxylic acids is 3. The molecule has 9 heteroatoms. The van der Waals surface area contributed by atoms with E-state index in [2.05, 4.69) is 10.1 Å². The summed E-state index contributed by atoms with van der Waals surface area (Å²) in [5.41, 5.74) is 0. The Balaban J connectivity index is 2.47. The first kappa shape index (κ1) is 21.9. The summed E-state index contributed by atoms with van der Waals surface area (Å²) in [6.45, 7) is 3.04. The molecule has 1 N–H and O–H groups in total. The van der Waals surface area contributed by atoms with Gasteiger partial charge in [-0.25, -0.2) is 13.6 Å². The van der Waals surface area contributed by atoms with Crippen LogP contribution in [0.15, 0.2) is 23.1 Å². The lowest BCUT2D eigenvalue weighted by molar-refractivity contribution is -0.149. The van der Waals surface area contributed by atoms with Crippen molar-refractivity contribution in [3.63, 3.8) is 0 Å². The van der Waals surface area contributed by atoms with Crippen molar-refractivity contribution in [2.45, 2.75) is 31.2 Å². The van der Waals surface area contributed by atoms with E-state index in [0.717, 1.165) is 30.0 Å². The van der Waals surface area contributed by atoms with E-state index in [4.69, 9.17) is 4.74 Å². The molecule has 0 unspecified atom stereocenters. The maximum Gasteiger partial charge on any atom is 0.328 e. The van der Waals surface area contributed by atoms with Crippen LogP contribution < -0.4 is 5.32 Å². The third-order valence-corrected chi connectivity index (χ3v) is 4.59. The fourth-order valence-corrected chi connectivity index (χ4v) is 2.68. The predicted molar refractivity (Wildman–Crippen MR) is 91.4 cm³/mol. The van der Waals surface area contributed by atoms with Gasteiger partial charge in [0.1, 0.15) is 17.7 Å². The molecule has 2 atom stereocenters. The quantitative estimate of drug-likeness (QED) is 0.516. The minimum absolute atomic E-state index is 0.0334. The van der Waals surface area contributed by atoms with Gasteiger partial charge in [-0.05, 0) is 24.1 Å². The summed E-state index contributed by atoms with van der Waals surface area (Å²) in [6, 6.07) is 2.05. The van der Waals surface area contributed by atoms with Crippen molar-refractivity contribution in [3.8, 4) is 0 Å². The number of methoxy groups -OCH3 is 1. The maximum atomic E-state index is 13.4. The van der Waals surface area contributed by atoms with E-state index in [1.807, 2.05) is 6.92 Å². The Labute approximate surface area is 154 Å². The number of halogens is 2. The van der Waals surface area contributed by atoms with Crippen LogP contribution in [0.2, 0.25) is 0 Å². The second-order valence-corrected chi connectivity index (χ2v) is 6.50. The predicted octanol–water partition coefficient (Wildman–Crippen LogP) is 2.30. The van der Waals surface area contributed by atoms with Crippen LogP contribution in [-0.2, 0) is 23.9 Å². The number of hydrogen-bond donors (Lipinski definition) is 1. The van der Waals surface area contributed by atoms with Gasteiger partial charge >= 0.3 is 11.9 Å². The molecule has 0 aliphatic rings. The number of esters is 2. The first-order valence-electron chi connectivity index (χ1n) is 7.89. The third-order valence-electron chi connectivity index (χ3n) is 3.59. The van der Waals surface area contributed by atoms with Crippen LogP contribution >= 0.6 is 11.8 Å². The zero-order valence-corrected chi connectivity index (χ0v) is 15.5. The molecule has 1 amide bonds. The topological polar surface area (TPSA) is 81.7 Å². The Kier molecular flexibility index (Phi) is 9.04. The highest BCUT2D eigenvalue weighted by molar-refractivity contribution is 8.00. The molecular formula is C17H21F2NO5S. The normalized spacial score (nSPS) is 12.8. The van der Waals surface area contributed by atoms with E-state index in [0.29, 0.717) is 6.42 Å². The first-order chi connectivity index (χ1) is 12.3. The second kappa shape index (κ2) is 10.7. The lowest BCUT2D eigenvalue weighted by Gasteiger charge is -2.21. The summed E-state index contributed by atoms with van der Waals surface area (Å²) in [5, 5.41) is 2.46. The van der Waals surface area contributed by atoms with Crippen LogP contribution in [0.4, 0.5) is 8.78 Å². The molecule has 6 nitrogen and oxygen atoms in total. The number of thioether (sulfide) groups is 1. The highest BCUT2D eigenvalue weighted by Crippen LogP contribution is 2.22. The van der Waals surface area contributed by atoms with Gasteiger partial charge in [-0.1, -0.05) is 20.3 Å². The summed E-state index contributed by atoms with van der Waals surface area (Å²) in [6.07, 6.45) is 0.635. The molecule has 1 aromatic carbocycles. The lowest BCUT2D eigenvalue weighted by Crippen LogP contribution is -2.47. The van der Waals surface area contributed by atoms with Crippen LogP contribution in [0.25, 0.3) is 0 Å². The molecule has 0 spiro atoms. The average Bonchev–Trinajstić information content (AvgIpc) is 2.63. The highest BCUT2D eigenvalue weighted by atomic mass is 32.2. The van der Waals surface area contributed by atoms with Crippen molar-refractivity contribution < 1.29 is 32.6 Å². The van der Waals surface area contributed by atoms with E-state index in [-0.39, 0.29) is 16.6 Å². The molecule has 26 heavy (non-hydrogen) atoms. The van der Waals surface area contributed by atoms with Crippen molar-refractivity contribution in [3.05, 3.63) is 29.8 Å². The first-order valence-corrected chi connectivity index (χ1v) is 8.87. The van der Waals surface area contributed by atoms with Crippen LogP contribution in [-0.4, -0.2) is 43.4 Å². The molecule has 1 aromatic rings. The molecule has 0 fully saturated rings. The van der Waals surface area contributed by atoms with Crippen LogP contribution in [0.3, 0.4) is 0 Å². The van der Waals surface area contributed by atoms with Gasteiger partial charge in [0.05, 0.1) is 12.9 Å². The van der Waals surface area contributed by atoms with Crippen molar-refractivity contribution in [2.24, 2.45) is 5.92 Å². The molecule has 0 aliphatic carbocycles. The second-order valence-electron chi connectivity index (χ2n) is 5.48. The fraction of sp³-hybridized carbons (Fsp3) is 0.471. The van der Waals surface area contributed by atoms with Gasteiger partial charge in [0.25, 0.3) is 5.91 Å². The fourth-order valence-electron chi connectivity index (χ4n) is 1.92. The molecule has 0 aromatic heterocycles. The largest absolute Gasteiger partial charge is 0.467 e. The molecule has 1 rings (SSSR count). The number of hydrogen-bond acceptors (Lipinski definition) is 6. The minimum atomic E-state index is -0.841. The van der Waals surface area contributed by atoms with Crippen LogP contribution in [0.5, 0.6) is 0 Å². The summed E-state index contributed by atoms with van der Waals surface area (Å²) in [4.78, 5) is 35.2. The zero-order valence-electron chi connectivity index (χ0n) is 14.7. The number of amides is 1. The van der Waals surface area contributed by atoms with Gasteiger partial charge in [-0.3, -0.25) is 9.59 Å². The van der Waals surface area contributed by atoms with Crippen molar-refractivity contribution in [1.29, 1.82) is 0 Å². The maximum absolute atomic E-state index is 13.4. The van der Waals surface area contributed by atoms with E-state index >= 15 is 0 Å². The van der Waals surface area contributed by atoms with Crippen LogP contribution in [0, 0.1) is 17.6 Å². The molecule has 144 valence electrons. The molecule has 0 saturated carbocycles. The summed E-state index contributed by atoms with van der Waals surface area (Å²) in [5.74, 6) is -3.75. The molecule has 0 heterocycles. The summed E-state index contributed by atoms with van der Waals surface area (Å²) >= 11 is 0.757. The Morgan fingerprint density at radius 3 is 2.58 bits per heavy atom. The smallest absolute Gasteiger partial charge is 0.328 e.